The number of likely N-dealkylation sites (N-methyl/N-ethyl adjacent to an activating group) is 1. The highest BCUT2D eigenvalue weighted by molar-refractivity contribution is 5.81. The molecule has 2 atom stereocenters. The first-order valence-electron chi connectivity index (χ1n) is 7.31. The van der Waals surface area contributed by atoms with Crippen molar-refractivity contribution in [2.45, 2.75) is 25.5 Å². The van der Waals surface area contributed by atoms with Crippen LogP contribution in [0.2, 0.25) is 0 Å². The predicted molar refractivity (Wildman–Crippen MR) is 78.8 cm³/mol. The van der Waals surface area contributed by atoms with E-state index in [1.807, 2.05) is 21.0 Å². The summed E-state index contributed by atoms with van der Waals surface area (Å²) in [6.07, 6.45) is 1.03. The molecule has 0 aromatic carbocycles. The molecule has 6 nitrogen and oxygen atoms in total. The van der Waals surface area contributed by atoms with Gasteiger partial charge in [0.15, 0.2) is 0 Å². The summed E-state index contributed by atoms with van der Waals surface area (Å²) in [6.45, 7) is 6.52. The first-order valence-corrected chi connectivity index (χ1v) is 7.31. The number of hydrogen-bond acceptors (Lipinski definition) is 5. The maximum atomic E-state index is 12.1. The highest BCUT2D eigenvalue weighted by atomic mass is 16.5. The summed E-state index contributed by atoms with van der Waals surface area (Å²) < 4.78 is 10.7. The van der Waals surface area contributed by atoms with Gasteiger partial charge in [-0.25, -0.2) is 0 Å². The van der Waals surface area contributed by atoms with Crippen molar-refractivity contribution in [1.82, 2.24) is 15.1 Å². The van der Waals surface area contributed by atoms with E-state index in [1.165, 1.54) is 0 Å². The summed E-state index contributed by atoms with van der Waals surface area (Å²) in [5.41, 5.74) is 0. The van der Waals surface area contributed by atoms with Gasteiger partial charge >= 0.3 is 0 Å². The van der Waals surface area contributed by atoms with Crippen LogP contribution in [0.5, 0.6) is 0 Å². The summed E-state index contributed by atoms with van der Waals surface area (Å²) in [6, 6.07) is -0.105. The standard InChI is InChI=1S/C14H29N3O3/c1-12(14(18)15-6-5-8-19-4)17-7-9-20-13(11-17)10-16(2)3/h12-13H,5-11H2,1-4H3,(H,15,18)/t12-,13+/m1/s1. The van der Waals surface area contributed by atoms with Gasteiger partial charge in [-0.05, 0) is 27.4 Å². The Labute approximate surface area is 122 Å². The van der Waals surface area contributed by atoms with Crippen LogP contribution in [-0.2, 0) is 14.3 Å². The Morgan fingerprint density at radius 2 is 2.30 bits per heavy atom. The Balaban J connectivity index is 2.33. The van der Waals surface area contributed by atoms with Crippen LogP contribution in [0.25, 0.3) is 0 Å². The minimum atomic E-state index is -0.105. The number of nitrogens with zero attached hydrogens (tertiary/aromatic N) is 2. The van der Waals surface area contributed by atoms with Crippen LogP contribution >= 0.6 is 0 Å². The molecule has 6 heteroatoms. The molecule has 0 spiro atoms. The Kier molecular flexibility index (Phi) is 8.06. The van der Waals surface area contributed by atoms with Gasteiger partial charge in [0.05, 0.1) is 18.8 Å². The second-order valence-corrected chi connectivity index (χ2v) is 5.56. The minimum absolute atomic E-state index is 0.0895. The first kappa shape index (κ1) is 17.4. The molecule has 0 unspecified atom stereocenters. The van der Waals surface area contributed by atoms with Gasteiger partial charge in [0.25, 0.3) is 0 Å². The lowest BCUT2D eigenvalue weighted by atomic mass is 10.2. The van der Waals surface area contributed by atoms with Gasteiger partial charge < -0.3 is 19.7 Å². The Hall–Kier alpha value is -0.690. The Bertz CT molecular complexity index is 287. The number of carbonyl (C=O) groups excluding carboxylic acids is 1. The maximum absolute atomic E-state index is 12.1. The molecular formula is C14H29N3O3. The van der Waals surface area contributed by atoms with Crippen LogP contribution in [0.3, 0.4) is 0 Å². The maximum Gasteiger partial charge on any atom is 0.237 e. The number of rotatable bonds is 8. The third-order valence-corrected chi connectivity index (χ3v) is 3.49. The molecular weight excluding hydrogens is 258 g/mol. The quantitative estimate of drug-likeness (QED) is 0.626. The van der Waals surface area contributed by atoms with Crippen molar-refractivity contribution in [3.8, 4) is 0 Å². The zero-order valence-corrected chi connectivity index (χ0v) is 13.2. The fourth-order valence-electron chi connectivity index (χ4n) is 2.35. The molecule has 1 amide bonds. The largest absolute Gasteiger partial charge is 0.385 e. The summed E-state index contributed by atoms with van der Waals surface area (Å²) in [4.78, 5) is 16.4. The number of morpholine rings is 1. The molecule has 0 aromatic heterocycles. The second kappa shape index (κ2) is 9.28. The van der Waals surface area contributed by atoms with Gasteiger partial charge in [0.2, 0.25) is 5.91 Å². The van der Waals surface area contributed by atoms with Crippen molar-refractivity contribution in [1.29, 1.82) is 0 Å². The average molecular weight is 287 g/mol. The summed E-state index contributed by atoms with van der Waals surface area (Å²) >= 11 is 0. The molecule has 1 saturated heterocycles. The molecule has 0 radical (unpaired) electrons. The molecule has 0 aliphatic carbocycles. The van der Waals surface area contributed by atoms with Crippen molar-refractivity contribution >= 4 is 5.91 Å². The van der Waals surface area contributed by atoms with Crippen LogP contribution in [0, 0.1) is 0 Å². The lowest BCUT2D eigenvalue weighted by Gasteiger charge is -2.37. The molecule has 0 bridgehead atoms. The number of ether oxygens (including phenoxy) is 2. The smallest absolute Gasteiger partial charge is 0.237 e. The molecule has 1 heterocycles. The molecule has 1 fully saturated rings. The van der Waals surface area contributed by atoms with Crippen molar-refractivity contribution < 1.29 is 14.3 Å². The van der Waals surface area contributed by atoms with E-state index in [4.69, 9.17) is 9.47 Å². The van der Waals surface area contributed by atoms with Gasteiger partial charge in [-0.2, -0.15) is 0 Å². The molecule has 1 aliphatic heterocycles. The fraction of sp³-hybridized carbons (Fsp3) is 0.929. The summed E-state index contributed by atoms with van der Waals surface area (Å²) in [5.74, 6) is 0.0895. The van der Waals surface area contributed by atoms with Gasteiger partial charge in [0.1, 0.15) is 0 Å². The Morgan fingerprint density at radius 1 is 1.55 bits per heavy atom. The highest BCUT2D eigenvalue weighted by Crippen LogP contribution is 2.10. The normalized spacial score (nSPS) is 21.9. The first-order chi connectivity index (χ1) is 9.54. The molecule has 1 rings (SSSR count). The SMILES string of the molecule is COCCCNC(=O)[C@@H](C)N1CCO[C@@H](CN(C)C)C1. The lowest BCUT2D eigenvalue weighted by molar-refractivity contribution is -0.129. The monoisotopic (exact) mass is 287 g/mol. The zero-order valence-electron chi connectivity index (χ0n) is 13.2. The topological polar surface area (TPSA) is 54.0 Å². The number of carbonyl (C=O) groups is 1. The van der Waals surface area contributed by atoms with E-state index < -0.39 is 0 Å². The van der Waals surface area contributed by atoms with Gasteiger partial charge in [0, 0.05) is 39.9 Å². The van der Waals surface area contributed by atoms with E-state index in [2.05, 4.69) is 15.1 Å². The molecule has 1 N–H and O–H groups in total. The number of methoxy groups -OCH3 is 1. The van der Waals surface area contributed by atoms with E-state index in [0.717, 1.165) is 26.1 Å². The van der Waals surface area contributed by atoms with Crippen molar-refractivity contribution in [3.05, 3.63) is 0 Å². The van der Waals surface area contributed by atoms with Crippen LogP contribution in [0.1, 0.15) is 13.3 Å². The third kappa shape index (κ3) is 6.17. The van der Waals surface area contributed by atoms with Gasteiger partial charge in [-0.15, -0.1) is 0 Å². The van der Waals surface area contributed by atoms with Crippen LogP contribution in [0.15, 0.2) is 0 Å². The second-order valence-electron chi connectivity index (χ2n) is 5.56. The zero-order chi connectivity index (χ0) is 15.0. The van der Waals surface area contributed by atoms with Crippen molar-refractivity contribution in [2.75, 3.05) is 60.6 Å². The summed E-state index contributed by atoms with van der Waals surface area (Å²) in [7, 11) is 5.74. The molecule has 0 saturated carbocycles. The van der Waals surface area contributed by atoms with E-state index in [0.29, 0.717) is 19.8 Å². The molecule has 20 heavy (non-hydrogen) atoms. The number of amides is 1. The molecule has 1 aliphatic rings. The van der Waals surface area contributed by atoms with E-state index in [1.54, 1.807) is 7.11 Å². The van der Waals surface area contributed by atoms with Crippen LogP contribution < -0.4 is 5.32 Å². The predicted octanol–water partition coefficient (Wildman–Crippen LogP) is -0.210. The fourth-order valence-corrected chi connectivity index (χ4v) is 2.35. The highest BCUT2D eigenvalue weighted by Gasteiger charge is 2.27. The van der Waals surface area contributed by atoms with Gasteiger partial charge in [-0.3, -0.25) is 9.69 Å². The van der Waals surface area contributed by atoms with E-state index >= 15 is 0 Å². The van der Waals surface area contributed by atoms with E-state index in [9.17, 15) is 4.79 Å². The van der Waals surface area contributed by atoms with Crippen LogP contribution in [0.4, 0.5) is 0 Å². The van der Waals surface area contributed by atoms with Crippen molar-refractivity contribution in [3.63, 3.8) is 0 Å². The minimum Gasteiger partial charge on any atom is -0.385 e. The number of hydrogen-bond donors (Lipinski definition) is 1. The average Bonchev–Trinajstić information content (AvgIpc) is 2.42. The van der Waals surface area contributed by atoms with Gasteiger partial charge in [-0.1, -0.05) is 0 Å². The van der Waals surface area contributed by atoms with Crippen LogP contribution in [-0.4, -0.2) is 88.5 Å². The lowest BCUT2D eigenvalue weighted by Crippen LogP contribution is -2.54. The van der Waals surface area contributed by atoms with Crippen molar-refractivity contribution in [2.24, 2.45) is 0 Å². The molecule has 118 valence electrons. The Morgan fingerprint density at radius 3 is 2.95 bits per heavy atom. The third-order valence-electron chi connectivity index (χ3n) is 3.49. The summed E-state index contributed by atoms with van der Waals surface area (Å²) in [5, 5.41) is 2.96. The van der Waals surface area contributed by atoms with E-state index in [-0.39, 0.29) is 18.1 Å². The number of nitrogens with one attached hydrogen (secondary N) is 1. The molecule has 0 aromatic rings.